The lowest BCUT2D eigenvalue weighted by atomic mass is 9.82. The van der Waals surface area contributed by atoms with E-state index in [0.717, 1.165) is 23.1 Å². The Morgan fingerprint density at radius 1 is 1.03 bits per heavy atom. The van der Waals surface area contributed by atoms with Crippen molar-refractivity contribution in [3.63, 3.8) is 0 Å². The van der Waals surface area contributed by atoms with Crippen molar-refractivity contribution in [2.75, 3.05) is 20.3 Å². The molecule has 1 aromatic heterocycles. The summed E-state index contributed by atoms with van der Waals surface area (Å²) >= 11 is 2.09. The molecule has 0 bridgehead atoms. The van der Waals surface area contributed by atoms with Gasteiger partial charge in [-0.2, -0.15) is 0 Å². The highest BCUT2D eigenvalue weighted by molar-refractivity contribution is 8.00. The summed E-state index contributed by atoms with van der Waals surface area (Å²) in [5.74, 6) is -3.08. The largest absolute Gasteiger partial charge is 0.466 e. The van der Waals surface area contributed by atoms with Gasteiger partial charge in [-0.1, -0.05) is 35.2 Å². The third-order valence-electron chi connectivity index (χ3n) is 4.62. The van der Waals surface area contributed by atoms with Crippen LogP contribution in [0.3, 0.4) is 0 Å². The van der Waals surface area contributed by atoms with E-state index in [9.17, 15) is 19.2 Å². The predicted octanol–water partition coefficient (Wildman–Crippen LogP) is 2.57. The maximum atomic E-state index is 12.9. The molecule has 3 rings (SSSR count). The van der Waals surface area contributed by atoms with E-state index in [0.29, 0.717) is 21.0 Å². The molecule has 30 heavy (non-hydrogen) atoms. The number of fused-ring (bicyclic) bond motifs is 1. The van der Waals surface area contributed by atoms with Crippen LogP contribution in [0.1, 0.15) is 40.6 Å². The highest BCUT2D eigenvalue weighted by Crippen LogP contribution is 2.49. The number of nitrogens with one attached hydrogen (secondary N) is 1. The molecule has 3 atom stereocenters. The zero-order valence-corrected chi connectivity index (χ0v) is 18.3. The first-order chi connectivity index (χ1) is 14.4. The average molecular weight is 452 g/mol. The van der Waals surface area contributed by atoms with E-state index < -0.39 is 35.0 Å². The molecule has 10 heteroatoms. The van der Waals surface area contributed by atoms with Crippen LogP contribution in [0.4, 0.5) is 0 Å². The second kappa shape index (κ2) is 9.48. The minimum absolute atomic E-state index is 0.153. The number of carbonyl (C=O) groups is 3. The van der Waals surface area contributed by atoms with Crippen LogP contribution in [0.15, 0.2) is 34.1 Å². The number of thiazole rings is 1. The van der Waals surface area contributed by atoms with Crippen molar-refractivity contribution >= 4 is 41.0 Å². The molecule has 0 unspecified atom stereocenters. The van der Waals surface area contributed by atoms with E-state index in [-0.39, 0.29) is 18.1 Å². The highest BCUT2D eigenvalue weighted by Gasteiger charge is 2.49. The van der Waals surface area contributed by atoms with Gasteiger partial charge in [0.05, 0.1) is 36.8 Å². The molecule has 0 saturated heterocycles. The zero-order valence-electron chi connectivity index (χ0n) is 16.6. The Bertz CT molecular complexity index is 995. The first-order valence-corrected chi connectivity index (χ1v) is 11.0. The summed E-state index contributed by atoms with van der Waals surface area (Å²) in [5.41, 5.74) is 1.02. The fraction of sp³-hybridized carbons (Fsp3) is 0.400. The van der Waals surface area contributed by atoms with Crippen molar-refractivity contribution in [1.82, 2.24) is 4.98 Å². The molecule has 1 N–H and O–H groups in total. The van der Waals surface area contributed by atoms with Gasteiger partial charge in [-0.05, 0) is 31.5 Å². The van der Waals surface area contributed by atoms with E-state index in [2.05, 4.69) is 4.98 Å². The van der Waals surface area contributed by atoms with Crippen LogP contribution in [0.5, 0.6) is 0 Å². The van der Waals surface area contributed by atoms with E-state index in [1.54, 1.807) is 38.1 Å². The molecule has 0 fully saturated rings. The number of ether oxygens (including phenoxy) is 3. The smallest absolute Gasteiger partial charge is 0.337 e. The lowest BCUT2D eigenvalue weighted by molar-refractivity contribution is -0.154. The minimum atomic E-state index is -0.892. The normalized spacial score (nSPS) is 20.2. The van der Waals surface area contributed by atoms with Crippen molar-refractivity contribution in [2.24, 2.45) is 5.92 Å². The lowest BCUT2D eigenvalue weighted by Gasteiger charge is -2.34. The van der Waals surface area contributed by atoms with Crippen LogP contribution in [0.2, 0.25) is 0 Å². The summed E-state index contributed by atoms with van der Waals surface area (Å²) in [6.07, 6.45) is 0. The molecule has 1 aliphatic heterocycles. The molecule has 1 aromatic carbocycles. The van der Waals surface area contributed by atoms with E-state index >= 15 is 0 Å². The average Bonchev–Trinajstić information content (AvgIpc) is 3.12. The van der Waals surface area contributed by atoms with Gasteiger partial charge in [0.1, 0.15) is 5.25 Å². The Morgan fingerprint density at radius 3 is 2.27 bits per heavy atom. The summed E-state index contributed by atoms with van der Waals surface area (Å²) in [6, 6.07) is 6.55. The van der Waals surface area contributed by atoms with Crippen LogP contribution < -0.4 is 4.87 Å². The van der Waals surface area contributed by atoms with Gasteiger partial charge in [-0.3, -0.25) is 14.4 Å². The van der Waals surface area contributed by atoms with E-state index in [4.69, 9.17) is 14.2 Å². The molecular weight excluding hydrogens is 430 g/mol. The lowest BCUT2D eigenvalue weighted by Crippen LogP contribution is -2.41. The van der Waals surface area contributed by atoms with Crippen LogP contribution in [-0.2, 0) is 23.8 Å². The Morgan fingerprint density at radius 2 is 1.67 bits per heavy atom. The Kier molecular flexibility index (Phi) is 6.99. The Labute approximate surface area is 180 Å². The summed E-state index contributed by atoms with van der Waals surface area (Å²) in [6.45, 7) is 3.69. The summed E-state index contributed by atoms with van der Waals surface area (Å²) < 4.78 is 15.2. The number of aromatic amines is 1. The van der Waals surface area contributed by atoms with Gasteiger partial charge in [0.15, 0.2) is 0 Å². The number of esters is 3. The van der Waals surface area contributed by atoms with Gasteiger partial charge in [-0.25, -0.2) is 4.79 Å². The van der Waals surface area contributed by atoms with Crippen LogP contribution in [-0.4, -0.2) is 48.5 Å². The number of H-pyrrole nitrogens is 1. The van der Waals surface area contributed by atoms with Gasteiger partial charge in [-0.15, -0.1) is 0 Å². The fourth-order valence-electron chi connectivity index (χ4n) is 3.38. The van der Waals surface area contributed by atoms with Gasteiger partial charge in [0.25, 0.3) is 0 Å². The minimum Gasteiger partial charge on any atom is -0.466 e. The number of rotatable bonds is 6. The topological polar surface area (TPSA) is 112 Å². The SMILES string of the molecule is CCOC(=O)[C@H]1[C@H](c2ccc(C(=O)OC)cc2)c2sc(=O)[nH]c2S[C@@H]1C(=O)OCC. The molecule has 1 aliphatic rings. The molecule has 2 aromatic rings. The molecule has 0 aliphatic carbocycles. The van der Waals surface area contributed by atoms with Crippen molar-refractivity contribution in [3.05, 3.63) is 49.9 Å². The van der Waals surface area contributed by atoms with Crippen LogP contribution in [0.25, 0.3) is 0 Å². The van der Waals surface area contributed by atoms with Gasteiger partial charge in [0.2, 0.25) is 0 Å². The van der Waals surface area contributed by atoms with Gasteiger partial charge < -0.3 is 19.2 Å². The first kappa shape index (κ1) is 22.1. The maximum Gasteiger partial charge on any atom is 0.337 e. The molecule has 0 amide bonds. The number of hydrogen-bond donors (Lipinski definition) is 1. The van der Waals surface area contributed by atoms with E-state index in [1.165, 1.54) is 7.11 Å². The number of aromatic nitrogens is 1. The predicted molar refractivity (Wildman–Crippen MR) is 111 cm³/mol. The third kappa shape index (κ3) is 4.29. The van der Waals surface area contributed by atoms with Crippen molar-refractivity contribution in [3.8, 4) is 0 Å². The van der Waals surface area contributed by atoms with Crippen LogP contribution in [0, 0.1) is 5.92 Å². The van der Waals surface area contributed by atoms with E-state index in [1.807, 2.05) is 0 Å². The molecular formula is C20H21NO7S2. The quantitative estimate of drug-likeness (QED) is 0.527. The first-order valence-electron chi connectivity index (χ1n) is 9.32. The van der Waals surface area contributed by atoms with Crippen molar-refractivity contribution in [2.45, 2.75) is 30.0 Å². The van der Waals surface area contributed by atoms with Crippen LogP contribution >= 0.6 is 23.1 Å². The monoisotopic (exact) mass is 451 g/mol. The number of thioether (sulfide) groups is 1. The fourth-order valence-corrected chi connectivity index (χ4v) is 5.84. The molecule has 0 saturated carbocycles. The molecule has 8 nitrogen and oxygen atoms in total. The number of carbonyl (C=O) groups excluding carboxylic acids is 3. The summed E-state index contributed by atoms with van der Waals surface area (Å²) in [4.78, 5) is 52.6. The summed E-state index contributed by atoms with van der Waals surface area (Å²) in [7, 11) is 1.29. The molecule has 160 valence electrons. The molecule has 2 heterocycles. The molecule has 0 spiro atoms. The summed E-state index contributed by atoms with van der Waals surface area (Å²) in [5, 5.41) is -0.349. The number of hydrogen-bond acceptors (Lipinski definition) is 9. The number of benzene rings is 1. The third-order valence-corrected chi connectivity index (χ3v) is 7.02. The van der Waals surface area contributed by atoms with Crippen molar-refractivity contribution in [1.29, 1.82) is 0 Å². The second-order valence-electron chi connectivity index (χ2n) is 6.37. The van der Waals surface area contributed by atoms with Gasteiger partial charge >= 0.3 is 22.8 Å². The zero-order chi connectivity index (χ0) is 21.8. The maximum absolute atomic E-state index is 12.9. The molecule has 0 radical (unpaired) electrons. The highest BCUT2D eigenvalue weighted by atomic mass is 32.2. The van der Waals surface area contributed by atoms with Gasteiger partial charge in [0, 0.05) is 10.8 Å². The standard InChI is InChI=1S/C20H21NO7S2/c1-4-27-18(23)13-12(10-6-8-11(9-7-10)17(22)26-3)14-16(21-20(25)30-14)29-15(13)19(24)28-5-2/h6-9,12-13,15H,4-5H2,1-3H3,(H,21,25)/t12-,13-,15-/m0/s1. The number of methoxy groups -OCH3 is 1. The Balaban J connectivity index is 2.13. The van der Waals surface area contributed by atoms with Crippen molar-refractivity contribution < 1.29 is 28.6 Å². The Hall–Kier alpha value is -2.59. The second-order valence-corrected chi connectivity index (χ2v) is 8.53.